The summed E-state index contributed by atoms with van der Waals surface area (Å²) < 4.78 is 14.9. The highest BCUT2D eigenvalue weighted by molar-refractivity contribution is 5.87. The SMILES string of the molecule is CCOC(=O)c1cc2c(cn1)OCO2. The summed E-state index contributed by atoms with van der Waals surface area (Å²) in [5.41, 5.74) is 0.233. The molecule has 0 unspecified atom stereocenters. The molecule has 0 fully saturated rings. The minimum atomic E-state index is -0.453. The van der Waals surface area contributed by atoms with Gasteiger partial charge in [0, 0.05) is 6.07 Å². The van der Waals surface area contributed by atoms with Crippen molar-refractivity contribution in [1.82, 2.24) is 4.98 Å². The van der Waals surface area contributed by atoms with Crippen LogP contribution in [-0.2, 0) is 4.74 Å². The van der Waals surface area contributed by atoms with Crippen molar-refractivity contribution in [3.05, 3.63) is 18.0 Å². The topological polar surface area (TPSA) is 57.7 Å². The van der Waals surface area contributed by atoms with E-state index >= 15 is 0 Å². The van der Waals surface area contributed by atoms with Crippen LogP contribution in [0.2, 0.25) is 0 Å². The van der Waals surface area contributed by atoms with Crippen LogP contribution in [0.5, 0.6) is 11.5 Å². The van der Waals surface area contributed by atoms with Crippen LogP contribution in [0.25, 0.3) is 0 Å². The number of pyridine rings is 1. The minimum absolute atomic E-state index is 0.170. The zero-order valence-electron chi connectivity index (χ0n) is 7.65. The quantitative estimate of drug-likeness (QED) is 0.658. The Morgan fingerprint density at radius 1 is 1.57 bits per heavy atom. The maximum atomic E-state index is 11.3. The molecule has 0 saturated heterocycles. The summed E-state index contributed by atoms with van der Waals surface area (Å²) >= 11 is 0. The number of nitrogens with zero attached hydrogens (tertiary/aromatic N) is 1. The first-order valence-electron chi connectivity index (χ1n) is 4.24. The second-order valence-corrected chi connectivity index (χ2v) is 2.64. The van der Waals surface area contributed by atoms with Gasteiger partial charge in [0.15, 0.2) is 17.2 Å². The summed E-state index contributed by atoms with van der Waals surface area (Å²) in [6, 6.07) is 1.51. The van der Waals surface area contributed by atoms with Crippen molar-refractivity contribution in [2.45, 2.75) is 6.92 Å². The number of carbonyl (C=O) groups is 1. The van der Waals surface area contributed by atoms with Gasteiger partial charge in [-0.15, -0.1) is 0 Å². The first-order valence-corrected chi connectivity index (χ1v) is 4.24. The lowest BCUT2D eigenvalue weighted by atomic mass is 10.3. The van der Waals surface area contributed by atoms with Crippen LogP contribution in [0, 0.1) is 0 Å². The van der Waals surface area contributed by atoms with Gasteiger partial charge in [-0.05, 0) is 6.92 Å². The zero-order valence-corrected chi connectivity index (χ0v) is 7.65. The molecule has 14 heavy (non-hydrogen) atoms. The van der Waals surface area contributed by atoms with E-state index in [0.717, 1.165) is 0 Å². The first kappa shape index (κ1) is 8.80. The van der Waals surface area contributed by atoms with Crippen LogP contribution in [0.1, 0.15) is 17.4 Å². The van der Waals surface area contributed by atoms with E-state index in [9.17, 15) is 4.79 Å². The van der Waals surface area contributed by atoms with Crippen molar-refractivity contribution >= 4 is 5.97 Å². The molecule has 74 valence electrons. The third-order valence-corrected chi connectivity index (χ3v) is 1.74. The fourth-order valence-corrected chi connectivity index (χ4v) is 1.12. The lowest BCUT2D eigenvalue weighted by Crippen LogP contribution is -2.06. The summed E-state index contributed by atoms with van der Waals surface area (Å²) in [5, 5.41) is 0. The average molecular weight is 195 g/mol. The highest BCUT2D eigenvalue weighted by Crippen LogP contribution is 2.31. The number of fused-ring (bicyclic) bond motifs is 1. The van der Waals surface area contributed by atoms with Crippen LogP contribution in [0.3, 0.4) is 0 Å². The van der Waals surface area contributed by atoms with E-state index in [-0.39, 0.29) is 12.5 Å². The number of carbonyl (C=O) groups excluding carboxylic acids is 1. The van der Waals surface area contributed by atoms with Crippen molar-refractivity contribution in [1.29, 1.82) is 0 Å². The summed E-state index contributed by atoms with van der Waals surface area (Å²) in [7, 11) is 0. The molecule has 0 atom stereocenters. The lowest BCUT2D eigenvalue weighted by molar-refractivity contribution is 0.0519. The van der Waals surface area contributed by atoms with Gasteiger partial charge in [-0.2, -0.15) is 0 Å². The van der Waals surface area contributed by atoms with Crippen molar-refractivity contribution in [2.75, 3.05) is 13.4 Å². The van der Waals surface area contributed by atoms with E-state index in [2.05, 4.69) is 4.98 Å². The van der Waals surface area contributed by atoms with Gasteiger partial charge in [0.05, 0.1) is 12.8 Å². The molecule has 5 nitrogen and oxygen atoms in total. The maximum absolute atomic E-state index is 11.3. The normalized spacial score (nSPS) is 12.6. The van der Waals surface area contributed by atoms with Crippen LogP contribution >= 0.6 is 0 Å². The largest absolute Gasteiger partial charge is 0.461 e. The second-order valence-electron chi connectivity index (χ2n) is 2.64. The molecule has 0 N–H and O–H groups in total. The summed E-state index contributed by atoms with van der Waals surface area (Å²) in [4.78, 5) is 15.2. The number of hydrogen-bond acceptors (Lipinski definition) is 5. The Morgan fingerprint density at radius 2 is 2.36 bits per heavy atom. The molecule has 0 spiro atoms. The van der Waals surface area contributed by atoms with Crippen LogP contribution in [-0.4, -0.2) is 24.4 Å². The highest BCUT2D eigenvalue weighted by atomic mass is 16.7. The van der Waals surface area contributed by atoms with E-state index in [1.807, 2.05) is 0 Å². The van der Waals surface area contributed by atoms with E-state index in [1.54, 1.807) is 6.92 Å². The van der Waals surface area contributed by atoms with Crippen LogP contribution in [0.4, 0.5) is 0 Å². The Balaban J connectivity index is 2.24. The first-order chi connectivity index (χ1) is 6.81. The molecule has 5 heteroatoms. The number of hydrogen-bond donors (Lipinski definition) is 0. The minimum Gasteiger partial charge on any atom is -0.461 e. The third-order valence-electron chi connectivity index (χ3n) is 1.74. The van der Waals surface area contributed by atoms with Gasteiger partial charge >= 0.3 is 5.97 Å². The van der Waals surface area contributed by atoms with Crippen molar-refractivity contribution in [3.8, 4) is 11.5 Å². The molecule has 1 aliphatic rings. The summed E-state index contributed by atoms with van der Waals surface area (Å²) in [6.07, 6.45) is 1.45. The molecule has 0 saturated carbocycles. The van der Waals surface area contributed by atoms with Gasteiger partial charge < -0.3 is 14.2 Å². The zero-order chi connectivity index (χ0) is 9.97. The summed E-state index contributed by atoms with van der Waals surface area (Å²) in [5.74, 6) is 0.631. The van der Waals surface area contributed by atoms with Gasteiger partial charge in [-0.3, -0.25) is 0 Å². The molecule has 0 aliphatic carbocycles. The Hall–Kier alpha value is -1.78. The number of rotatable bonds is 2. The number of aromatic nitrogens is 1. The Labute approximate surface area is 80.6 Å². The van der Waals surface area contributed by atoms with Gasteiger partial charge in [-0.25, -0.2) is 9.78 Å². The van der Waals surface area contributed by atoms with E-state index in [0.29, 0.717) is 18.1 Å². The smallest absolute Gasteiger partial charge is 0.357 e. The molecule has 1 aromatic rings. The molecular weight excluding hydrogens is 186 g/mol. The van der Waals surface area contributed by atoms with Gasteiger partial charge in [0.25, 0.3) is 0 Å². The summed E-state index contributed by atoms with van der Waals surface area (Å²) in [6.45, 7) is 2.24. The molecule has 1 aliphatic heterocycles. The molecule has 1 aromatic heterocycles. The van der Waals surface area contributed by atoms with Crippen molar-refractivity contribution in [2.24, 2.45) is 0 Å². The standard InChI is InChI=1S/C9H9NO4/c1-2-12-9(11)6-3-7-8(4-10-6)14-5-13-7/h3-4H,2,5H2,1H3. The second kappa shape index (κ2) is 3.53. The fraction of sp³-hybridized carbons (Fsp3) is 0.333. The molecule has 0 amide bonds. The molecular formula is C9H9NO4. The molecule has 0 bridgehead atoms. The van der Waals surface area contributed by atoms with E-state index in [1.165, 1.54) is 12.3 Å². The van der Waals surface area contributed by atoms with Crippen molar-refractivity contribution < 1.29 is 19.0 Å². The highest BCUT2D eigenvalue weighted by Gasteiger charge is 2.17. The fourth-order valence-electron chi connectivity index (χ4n) is 1.12. The Bertz CT molecular complexity index is 364. The average Bonchev–Trinajstić information content (AvgIpc) is 2.64. The van der Waals surface area contributed by atoms with E-state index in [4.69, 9.17) is 14.2 Å². The molecule has 2 rings (SSSR count). The third kappa shape index (κ3) is 1.48. The van der Waals surface area contributed by atoms with Gasteiger partial charge in [0.1, 0.15) is 0 Å². The number of ether oxygens (including phenoxy) is 3. The number of esters is 1. The van der Waals surface area contributed by atoms with Crippen LogP contribution in [0.15, 0.2) is 12.3 Å². The monoisotopic (exact) mass is 195 g/mol. The molecule has 0 radical (unpaired) electrons. The lowest BCUT2D eigenvalue weighted by Gasteiger charge is -2.01. The van der Waals surface area contributed by atoms with E-state index < -0.39 is 5.97 Å². The predicted molar refractivity (Wildman–Crippen MR) is 46.3 cm³/mol. The van der Waals surface area contributed by atoms with Crippen LogP contribution < -0.4 is 9.47 Å². The maximum Gasteiger partial charge on any atom is 0.357 e. The molecule has 0 aromatic carbocycles. The van der Waals surface area contributed by atoms with Gasteiger partial charge in [-0.1, -0.05) is 0 Å². The van der Waals surface area contributed by atoms with Gasteiger partial charge in [0.2, 0.25) is 6.79 Å². The molecule has 2 heterocycles. The van der Waals surface area contributed by atoms with Crippen molar-refractivity contribution in [3.63, 3.8) is 0 Å². The predicted octanol–water partition coefficient (Wildman–Crippen LogP) is 0.987. The Kier molecular flexibility index (Phi) is 2.22. The Morgan fingerprint density at radius 3 is 3.14 bits per heavy atom.